The van der Waals surface area contributed by atoms with Gasteiger partial charge in [0.25, 0.3) is 5.91 Å². The molecule has 0 heterocycles. The first-order chi connectivity index (χ1) is 13.8. The molecule has 0 spiro atoms. The third-order valence-electron chi connectivity index (χ3n) is 4.84. The second-order valence-electron chi connectivity index (χ2n) is 6.69. The number of carbonyl (C=O) groups is 2. The molecule has 3 rings (SSSR count). The summed E-state index contributed by atoms with van der Waals surface area (Å²) in [7, 11) is 0. The van der Waals surface area contributed by atoms with Gasteiger partial charge in [-0.3, -0.25) is 4.79 Å². The number of nitrogens with one attached hydrogen (secondary N) is 1. The molecule has 2 aromatic rings. The Hall–Kier alpha value is -2.08. The largest absolute Gasteiger partial charge is 0.478 e. The molecule has 1 aliphatic carbocycles. The lowest BCUT2D eigenvalue weighted by molar-refractivity contribution is -0.133. The minimum atomic E-state index is -1.08. The maximum Gasteiger partial charge on any atom is 0.332 e. The normalized spacial score (nSPS) is 13.7. The number of carboxylic acid groups (broad SMARTS) is 1. The zero-order valence-corrected chi connectivity index (χ0v) is 17.5. The quantitative estimate of drug-likeness (QED) is 0.554. The average molecular weight is 457 g/mol. The number of aliphatic carboxylic acids is 1. The summed E-state index contributed by atoms with van der Waals surface area (Å²) in [6, 6.07) is 7.57. The van der Waals surface area contributed by atoms with Gasteiger partial charge in [0.2, 0.25) is 0 Å². The molecule has 0 unspecified atom stereocenters. The highest BCUT2D eigenvalue weighted by molar-refractivity contribution is 6.36. The van der Waals surface area contributed by atoms with Gasteiger partial charge in [-0.1, -0.05) is 40.9 Å². The standard InChI is InChI=1S/C21H17Cl3FNO3/c22-16-5-2-6-19(25)15(16)8-7-14-17(23)9-11(10-18(14)24)26-20(27)12-3-1-4-13(12)21(28)29/h2,5-6,9-10H,1,3-4,7-8H2,(H,26,27)(H,28,29). The first kappa shape index (κ1) is 21.6. The molecule has 2 N–H and O–H groups in total. The van der Waals surface area contributed by atoms with Crippen molar-refractivity contribution in [1.29, 1.82) is 0 Å². The Morgan fingerprint density at radius 1 is 0.966 bits per heavy atom. The van der Waals surface area contributed by atoms with Crippen LogP contribution in [0.5, 0.6) is 0 Å². The fraction of sp³-hybridized carbons (Fsp3) is 0.238. The zero-order chi connectivity index (χ0) is 21.1. The van der Waals surface area contributed by atoms with Crippen LogP contribution in [-0.4, -0.2) is 17.0 Å². The minimum Gasteiger partial charge on any atom is -0.478 e. The Balaban J connectivity index is 1.77. The van der Waals surface area contributed by atoms with Crippen LogP contribution in [0.2, 0.25) is 15.1 Å². The molecule has 0 bridgehead atoms. The van der Waals surface area contributed by atoms with Crippen molar-refractivity contribution in [3.8, 4) is 0 Å². The highest BCUT2D eigenvalue weighted by Crippen LogP contribution is 2.33. The van der Waals surface area contributed by atoms with Gasteiger partial charge in [-0.2, -0.15) is 0 Å². The van der Waals surface area contributed by atoms with Crippen molar-refractivity contribution >= 4 is 52.4 Å². The van der Waals surface area contributed by atoms with Gasteiger partial charge in [-0.05, 0) is 61.9 Å². The third kappa shape index (κ3) is 4.92. The van der Waals surface area contributed by atoms with E-state index in [2.05, 4.69) is 5.32 Å². The fourth-order valence-electron chi connectivity index (χ4n) is 3.37. The number of hydrogen-bond acceptors (Lipinski definition) is 2. The Morgan fingerprint density at radius 3 is 2.21 bits per heavy atom. The second-order valence-corrected chi connectivity index (χ2v) is 7.91. The van der Waals surface area contributed by atoms with Crippen molar-refractivity contribution in [3.63, 3.8) is 0 Å². The van der Waals surface area contributed by atoms with E-state index in [0.29, 0.717) is 64.0 Å². The first-order valence-corrected chi connectivity index (χ1v) is 10.1. The van der Waals surface area contributed by atoms with Crippen LogP contribution in [0.25, 0.3) is 0 Å². The van der Waals surface area contributed by atoms with Crippen molar-refractivity contribution in [3.05, 3.63) is 73.5 Å². The number of benzene rings is 2. The Labute approximate surface area is 182 Å². The minimum absolute atomic E-state index is 0.137. The maximum atomic E-state index is 14.0. The van der Waals surface area contributed by atoms with Crippen LogP contribution < -0.4 is 5.32 Å². The molecule has 4 nitrogen and oxygen atoms in total. The third-order valence-corrected chi connectivity index (χ3v) is 5.86. The van der Waals surface area contributed by atoms with Crippen LogP contribution in [0.4, 0.5) is 10.1 Å². The molecule has 0 saturated heterocycles. The number of halogens is 4. The molecular weight excluding hydrogens is 440 g/mol. The maximum absolute atomic E-state index is 14.0. The van der Waals surface area contributed by atoms with E-state index in [9.17, 15) is 19.1 Å². The first-order valence-electron chi connectivity index (χ1n) is 8.95. The smallest absolute Gasteiger partial charge is 0.332 e. The summed E-state index contributed by atoms with van der Waals surface area (Å²) in [4.78, 5) is 23.7. The van der Waals surface area contributed by atoms with E-state index < -0.39 is 17.7 Å². The van der Waals surface area contributed by atoms with Crippen LogP contribution in [0.1, 0.15) is 30.4 Å². The summed E-state index contributed by atoms with van der Waals surface area (Å²) in [6.45, 7) is 0. The summed E-state index contributed by atoms with van der Waals surface area (Å²) in [5.41, 5.74) is 1.76. The molecule has 0 aliphatic heterocycles. The van der Waals surface area contributed by atoms with Gasteiger partial charge in [0.15, 0.2) is 0 Å². The van der Waals surface area contributed by atoms with Crippen LogP contribution in [0.3, 0.4) is 0 Å². The lowest BCUT2D eigenvalue weighted by atomic mass is 10.0. The molecule has 0 fully saturated rings. The lowest BCUT2D eigenvalue weighted by Crippen LogP contribution is -2.16. The van der Waals surface area contributed by atoms with Crippen molar-refractivity contribution in [1.82, 2.24) is 0 Å². The molecule has 2 aromatic carbocycles. The monoisotopic (exact) mass is 455 g/mol. The summed E-state index contributed by atoms with van der Waals surface area (Å²) >= 11 is 18.7. The van der Waals surface area contributed by atoms with Gasteiger partial charge >= 0.3 is 5.97 Å². The van der Waals surface area contributed by atoms with E-state index in [-0.39, 0.29) is 11.1 Å². The fourth-order valence-corrected chi connectivity index (χ4v) is 4.31. The molecule has 8 heteroatoms. The van der Waals surface area contributed by atoms with Gasteiger partial charge < -0.3 is 10.4 Å². The molecule has 0 saturated carbocycles. The Bertz CT molecular complexity index is 977. The predicted molar refractivity (Wildman–Crippen MR) is 112 cm³/mol. The number of rotatable bonds is 6. The predicted octanol–water partition coefficient (Wildman–Crippen LogP) is 6.07. The highest BCUT2D eigenvalue weighted by atomic mass is 35.5. The molecular formula is C21H17Cl3FNO3. The second kappa shape index (κ2) is 9.16. The zero-order valence-electron chi connectivity index (χ0n) is 15.2. The number of hydrogen-bond donors (Lipinski definition) is 2. The highest BCUT2D eigenvalue weighted by Gasteiger charge is 2.25. The summed E-state index contributed by atoms with van der Waals surface area (Å²) < 4.78 is 14.0. The van der Waals surface area contributed by atoms with E-state index >= 15 is 0 Å². The van der Waals surface area contributed by atoms with Gasteiger partial charge in [0.05, 0.1) is 0 Å². The topological polar surface area (TPSA) is 66.4 Å². The van der Waals surface area contributed by atoms with E-state index in [1.165, 1.54) is 12.1 Å². The van der Waals surface area contributed by atoms with Crippen molar-refractivity contribution < 1.29 is 19.1 Å². The van der Waals surface area contributed by atoms with Crippen LogP contribution in [0, 0.1) is 5.82 Å². The van der Waals surface area contributed by atoms with E-state index in [4.69, 9.17) is 34.8 Å². The molecule has 0 aromatic heterocycles. The molecule has 0 atom stereocenters. The van der Waals surface area contributed by atoms with Gasteiger partial charge in [0.1, 0.15) is 5.82 Å². The van der Waals surface area contributed by atoms with Crippen molar-refractivity contribution in [2.75, 3.05) is 5.32 Å². The Kier molecular flexibility index (Phi) is 6.83. The van der Waals surface area contributed by atoms with Gasteiger partial charge in [0, 0.05) is 37.5 Å². The molecule has 1 aliphatic rings. The van der Waals surface area contributed by atoms with Gasteiger partial charge in [-0.25, -0.2) is 9.18 Å². The molecule has 29 heavy (non-hydrogen) atoms. The van der Waals surface area contributed by atoms with Crippen LogP contribution in [-0.2, 0) is 22.4 Å². The molecule has 0 radical (unpaired) electrons. The SMILES string of the molecule is O=C(O)C1=C(C(=O)Nc2cc(Cl)c(CCc3c(F)cccc3Cl)c(Cl)c2)CCC1. The van der Waals surface area contributed by atoms with Gasteiger partial charge in [-0.15, -0.1) is 0 Å². The Morgan fingerprint density at radius 2 is 1.59 bits per heavy atom. The number of carboxylic acids is 1. The summed E-state index contributed by atoms with van der Waals surface area (Å²) in [5, 5.41) is 12.8. The van der Waals surface area contributed by atoms with Crippen molar-refractivity contribution in [2.24, 2.45) is 0 Å². The van der Waals surface area contributed by atoms with E-state index in [1.54, 1.807) is 18.2 Å². The van der Waals surface area contributed by atoms with Crippen LogP contribution >= 0.6 is 34.8 Å². The number of amides is 1. The molecule has 152 valence electrons. The average Bonchev–Trinajstić information content (AvgIpc) is 3.13. The van der Waals surface area contributed by atoms with E-state index in [1.807, 2.05) is 0 Å². The summed E-state index contributed by atoms with van der Waals surface area (Å²) in [5.74, 6) is -1.95. The lowest BCUT2D eigenvalue weighted by Gasteiger charge is -2.13. The van der Waals surface area contributed by atoms with Crippen LogP contribution in [0.15, 0.2) is 41.5 Å². The number of anilines is 1. The van der Waals surface area contributed by atoms with Crippen molar-refractivity contribution in [2.45, 2.75) is 32.1 Å². The van der Waals surface area contributed by atoms with E-state index in [0.717, 1.165) is 0 Å². The summed E-state index contributed by atoms with van der Waals surface area (Å²) in [6.07, 6.45) is 2.09. The molecule has 1 amide bonds. The number of carbonyl (C=O) groups excluding carboxylic acids is 1.